The van der Waals surface area contributed by atoms with Gasteiger partial charge in [-0.05, 0) is 37.8 Å². The van der Waals surface area contributed by atoms with Gasteiger partial charge in [0.1, 0.15) is 5.75 Å². The molecule has 0 aliphatic rings. The van der Waals surface area contributed by atoms with Crippen molar-refractivity contribution in [1.29, 1.82) is 0 Å². The molecule has 0 spiro atoms. The van der Waals surface area contributed by atoms with Gasteiger partial charge in [-0.1, -0.05) is 13.8 Å². The highest BCUT2D eigenvalue weighted by molar-refractivity contribution is 5.96. The molecule has 0 aliphatic heterocycles. The molecule has 126 valence electrons. The molecule has 0 bridgehead atoms. The summed E-state index contributed by atoms with van der Waals surface area (Å²) in [6.07, 6.45) is 6.48. The Bertz CT molecular complexity index is 867. The van der Waals surface area contributed by atoms with Crippen molar-refractivity contribution in [2.24, 2.45) is 5.92 Å². The van der Waals surface area contributed by atoms with Crippen molar-refractivity contribution in [2.75, 3.05) is 7.11 Å². The van der Waals surface area contributed by atoms with E-state index in [2.05, 4.69) is 36.9 Å². The molecule has 3 rings (SSSR count). The summed E-state index contributed by atoms with van der Waals surface area (Å²) in [5.74, 6) is 1.32. The average Bonchev–Trinajstić information content (AvgIpc) is 2.95. The third kappa shape index (κ3) is 2.86. The predicted octanol–water partition coefficient (Wildman–Crippen LogP) is 4.03. The maximum Gasteiger partial charge on any atom is 0.158 e. The van der Waals surface area contributed by atoms with Crippen LogP contribution >= 0.6 is 0 Å². The quantitative estimate of drug-likeness (QED) is 0.711. The highest BCUT2D eigenvalue weighted by Crippen LogP contribution is 2.39. The van der Waals surface area contributed by atoms with Crippen LogP contribution in [0.15, 0.2) is 24.7 Å². The summed E-state index contributed by atoms with van der Waals surface area (Å²) < 4.78 is 7.73. The van der Waals surface area contributed by atoms with Crippen LogP contribution in [0.2, 0.25) is 0 Å². The minimum Gasteiger partial charge on any atom is -0.494 e. The molecule has 0 amide bonds. The van der Waals surface area contributed by atoms with E-state index in [1.165, 1.54) is 0 Å². The monoisotopic (exact) mass is 324 g/mol. The zero-order valence-corrected chi connectivity index (χ0v) is 15.0. The van der Waals surface area contributed by atoms with Gasteiger partial charge in [-0.25, -0.2) is 9.67 Å². The first-order valence-electron chi connectivity index (χ1n) is 8.39. The zero-order chi connectivity index (χ0) is 17.3. The fourth-order valence-electron chi connectivity index (χ4n) is 3.07. The summed E-state index contributed by atoms with van der Waals surface area (Å²) in [5.41, 5.74) is 5.08. The van der Waals surface area contributed by atoms with Crippen LogP contribution in [0.4, 0.5) is 0 Å². The predicted molar refractivity (Wildman–Crippen MR) is 96.3 cm³/mol. The third-order valence-corrected chi connectivity index (χ3v) is 4.08. The highest BCUT2D eigenvalue weighted by atomic mass is 16.5. The second-order valence-corrected chi connectivity index (χ2v) is 6.51. The first kappa shape index (κ1) is 16.4. The molecule has 0 aromatic carbocycles. The summed E-state index contributed by atoms with van der Waals surface area (Å²) in [4.78, 5) is 9.24. The van der Waals surface area contributed by atoms with Crippen molar-refractivity contribution >= 4 is 11.0 Å². The van der Waals surface area contributed by atoms with Crippen LogP contribution in [0.25, 0.3) is 22.2 Å². The second kappa shape index (κ2) is 6.59. The Labute approximate surface area is 142 Å². The Morgan fingerprint density at radius 1 is 1.21 bits per heavy atom. The molecule has 24 heavy (non-hydrogen) atoms. The smallest absolute Gasteiger partial charge is 0.158 e. The Morgan fingerprint density at radius 2 is 2.00 bits per heavy atom. The second-order valence-electron chi connectivity index (χ2n) is 6.51. The Kier molecular flexibility index (Phi) is 4.51. The van der Waals surface area contributed by atoms with Crippen LogP contribution in [-0.4, -0.2) is 26.9 Å². The van der Waals surface area contributed by atoms with E-state index in [0.717, 1.165) is 52.1 Å². The number of pyridine rings is 2. The summed E-state index contributed by atoms with van der Waals surface area (Å²) >= 11 is 0. The molecule has 0 atom stereocenters. The lowest BCUT2D eigenvalue weighted by molar-refractivity contribution is 0.406. The van der Waals surface area contributed by atoms with Crippen molar-refractivity contribution in [3.05, 3.63) is 35.9 Å². The molecule has 0 aliphatic carbocycles. The summed E-state index contributed by atoms with van der Waals surface area (Å²) in [6.45, 7) is 9.29. The normalized spacial score (nSPS) is 11.4. The number of aryl methyl sites for hydroxylation is 2. The first-order valence-corrected chi connectivity index (χ1v) is 8.39. The lowest BCUT2D eigenvalue weighted by Crippen LogP contribution is -2.06. The van der Waals surface area contributed by atoms with Crippen LogP contribution < -0.4 is 4.74 Å². The van der Waals surface area contributed by atoms with Crippen molar-refractivity contribution < 1.29 is 4.74 Å². The number of rotatable bonds is 5. The maximum atomic E-state index is 5.80. The lowest BCUT2D eigenvalue weighted by Gasteiger charge is -2.16. The fraction of sp³-hybridized carbons (Fsp3) is 0.421. The molecular formula is C19H24N4O. The minimum absolute atomic E-state index is 0.491. The van der Waals surface area contributed by atoms with Gasteiger partial charge >= 0.3 is 0 Å². The number of hydrogen-bond donors (Lipinski definition) is 0. The number of hydrogen-bond acceptors (Lipinski definition) is 4. The van der Waals surface area contributed by atoms with Gasteiger partial charge in [0.05, 0.1) is 24.4 Å². The maximum absolute atomic E-state index is 5.80. The van der Waals surface area contributed by atoms with Gasteiger partial charge in [0.2, 0.25) is 0 Å². The van der Waals surface area contributed by atoms with Crippen LogP contribution in [-0.2, 0) is 13.0 Å². The highest BCUT2D eigenvalue weighted by Gasteiger charge is 2.21. The van der Waals surface area contributed by atoms with Gasteiger partial charge in [-0.3, -0.25) is 4.98 Å². The van der Waals surface area contributed by atoms with E-state index >= 15 is 0 Å². The number of ether oxygens (including phenoxy) is 1. The standard InChI is InChI=1S/C19H24N4O/c1-6-23-19-15(11-21-23)17(14-8-13(4)9-20-10-14)18(24-5)16(22-19)7-12(2)3/h8-12H,6-7H2,1-5H3. The van der Waals surface area contributed by atoms with E-state index < -0.39 is 0 Å². The molecule has 0 saturated carbocycles. The zero-order valence-electron chi connectivity index (χ0n) is 15.0. The molecular weight excluding hydrogens is 300 g/mol. The summed E-state index contributed by atoms with van der Waals surface area (Å²) in [5, 5.41) is 5.50. The van der Waals surface area contributed by atoms with E-state index in [4.69, 9.17) is 9.72 Å². The molecule has 0 radical (unpaired) electrons. The van der Waals surface area contributed by atoms with Gasteiger partial charge in [0.25, 0.3) is 0 Å². The number of nitrogens with zero attached hydrogens (tertiary/aromatic N) is 4. The molecule has 0 saturated heterocycles. The van der Waals surface area contributed by atoms with E-state index in [-0.39, 0.29) is 0 Å². The third-order valence-electron chi connectivity index (χ3n) is 4.08. The molecule has 3 aromatic rings. The van der Waals surface area contributed by atoms with Gasteiger partial charge in [-0.2, -0.15) is 5.10 Å². The van der Waals surface area contributed by atoms with E-state index in [1.807, 2.05) is 30.2 Å². The van der Waals surface area contributed by atoms with Crippen LogP contribution in [0.5, 0.6) is 5.75 Å². The van der Waals surface area contributed by atoms with Crippen LogP contribution in [0, 0.1) is 12.8 Å². The lowest BCUT2D eigenvalue weighted by atomic mass is 9.98. The van der Waals surface area contributed by atoms with Crippen LogP contribution in [0.3, 0.4) is 0 Å². The van der Waals surface area contributed by atoms with Crippen molar-refractivity contribution in [3.8, 4) is 16.9 Å². The summed E-state index contributed by atoms with van der Waals surface area (Å²) in [6, 6.07) is 2.13. The average molecular weight is 324 g/mol. The molecule has 5 heteroatoms. The SMILES string of the molecule is CCn1ncc2c(-c3cncc(C)c3)c(OC)c(CC(C)C)nc21. The summed E-state index contributed by atoms with van der Waals surface area (Å²) in [7, 11) is 1.71. The van der Waals surface area contributed by atoms with Crippen LogP contribution in [0.1, 0.15) is 32.0 Å². The first-order chi connectivity index (χ1) is 11.5. The van der Waals surface area contributed by atoms with Crippen molar-refractivity contribution in [2.45, 2.75) is 40.7 Å². The minimum atomic E-state index is 0.491. The number of methoxy groups -OCH3 is 1. The van der Waals surface area contributed by atoms with Gasteiger partial charge in [-0.15, -0.1) is 0 Å². The Balaban J connectivity index is 2.37. The van der Waals surface area contributed by atoms with E-state index in [9.17, 15) is 0 Å². The van der Waals surface area contributed by atoms with Crippen molar-refractivity contribution in [1.82, 2.24) is 19.7 Å². The number of aromatic nitrogens is 4. The molecule has 0 N–H and O–H groups in total. The van der Waals surface area contributed by atoms with Gasteiger partial charge in [0, 0.05) is 30.1 Å². The van der Waals surface area contributed by atoms with Gasteiger partial charge in [0.15, 0.2) is 5.65 Å². The largest absolute Gasteiger partial charge is 0.494 e. The fourth-order valence-corrected chi connectivity index (χ4v) is 3.07. The van der Waals surface area contributed by atoms with E-state index in [1.54, 1.807) is 7.11 Å². The van der Waals surface area contributed by atoms with Crippen molar-refractivity contribution in [3.63, 3.8) is 0 Å². The molecule has 5 nitrogen and oxygen atoms in total. The Hall–Kier alpha value is -2.43. The van der Waals surface area contributed by atoms with E-state index in [0.29, 0.717) is 5.92 Å². The molecule has 3 aromatic heterocycles. The number of fused-ring (bicyclic) bond motifs is 1. The molecule has 3 heterocycles. The molecule has 0 unspecified atom stereocenters. The topological polar surface area (TPSA) is 52.8 Å². The molecule has 0 fully saturated rings. The Morgan fingerprint density at radius 3 is 2.62 bits per heavy atom. The van der Waals surface area contributed by atoms with Gasteiger partial charge < -0.3 is 4.74 Å².